The Bertz CT molecular complexity index is 1350. The van der Waals surface area contributed by atoms with E-state index in [-0.39, 0.29) is 5.91 Å². The van der Waals surface area contributed by atoms with E-state index in [9.17, 15) is 18.0 Å². The molecule has 3 heterocycles. The van der Waals surface area contributed by atoms with E-state index in [0.29, 0.717) is 49.7 Å². The number of aromatic nitrogens is 1. The van der Waals surface area contributed by atoms with Gasteiger partial charge in [0.25, 0.3) is 5.91 Å². The minimum absolute atomic E-state index is 0.0811. The molecule has 0 spiro atoms. The molecule has 4 aromatic rings. The van der Waals surface area contributed by atoms with E-state index >= 15 is 0 Å². The van der Waals surface area contributed by atoms with Gasteiger partial charge in [0.15, 0.2) is 5.58 Å². The van der Waals surface area contributed by atoms with E-state index in [0.717, 1.165) is 30.2 Å². The van der Waals surface area contributed by atoms with Gasteiger partial charge in [0, 0.05) is 50.5 Å². The Kier molecular flexibility index (Phi) is 6.51. The number of anilines is 1. The predicted octanol–water partition coefficient (Wildman–Crippen LogP) is 6.16. The minimum atomic E-state index is -4.38. The Hall–Kier alpha value is -3.68. The molecule has 0 unspecified atom stereocenters. The van der Waals surface area contributed by atoms with Gasteiger partial charge in [0.1, 0.15) is 11.5 Å². The fourth-order valence-electron chi connectivity index (χ4n) is 4.88. The van der Waals surface area contributed by atoms with Crippen LogP contribution in [0.3, 0.4) is 0 Å². The third-order valence-electron chi connectivity index (χ3n) is 6.73. The third kappa shape index (κ3) is 4.98. The highest BCUT2D eigenvalue weighted by Crippen LogP contribution is 2.32. The van der Waals surface area contributed by atoms with Crippen LogP contribution in [0.1, 0.15) is 33.8 Å². The van der Waals surface area contributed by atoms with E-state index < -0.39 is 11.7 Å². The summed E-state index contributed by atoms with van der Waals surface area (Å²) in [5, 5.41) is 0. The van der Waals surface area contributed by atoms with Gasteiger partial charge in [-0.3, -0.25) is 4.79 Å². The molecule has 1 saturated heterocycles. The van der Waals surface area contributed by atoms with Gasteiger partial charge < -0.3 is 18.8 Å². The summed E-state index contributed by atoms with van der Waals surface area (Å²) < 4.78 is 47.2. The van der Waals surface area contributed by atoms with E-state index in [4.69, 9.17) is 4.42 Å². The Balaban J connectivity index is 1.29. The first-order valence-electron chi connectivity index (χ1n) is 12.1. The summed E-state index contributed by atoms with van der Waals surface area (Å²) in [5.74, 6) is 0.716. The van der Waals surface area contributed by atoms with Gasteiger partial charge in [0.05, 0.1) is 11.1 Å². The number of rotatable bonds is 6. The second-order valence-electron chi connectivity index (χ2n) is 9.20. The number of hydrogen-bond acceptors (Lipinski definition) is 3. The van der Waals surface area contributed by atoms with Crippen molar-refractivity contribution in [3.05, 3.63) is 89.3 Å². The fraction of sp³-hybridized carbons (Fsp3) is 0.321. The van der Waals surface area contributed by atoms with Crippen molar-refractivity contribution in [2.45, 2.75) is 32.5 Å². The molecular formula is C28H28F3N3O2. The highest BCUT2D eigenvalue weighted by molar-refractivity contribution is 5.97. The number of amides is 1. The highest BCUT2D eigenvalue weighted by atomic mass is 19.4. The first-order valence-corrected chi connectivity index (χ1v) is 12.1. The molecule has 2 aromatic carbocycles. The van der Waals surface area contributed by atoms with Gasteiger partial charge in [-0.1, -0.05) is 36.4 Å². The lowest BCUT2D eigenvalue weighted by Crippen LogP contribution is -2.49. The number of fused-ring (bicyclic) bond motifs is 1. The summed E-state index contributed by atoms with van der Waals surface area (Å²) in [6.45, 7) is 4.38. The van der Waals surface area contributed by atoms with Crippen molar-refractivity contribution in [1.82, 2.24) is 9.47 Å². The van der Waals surface area contributed by atoms with Gasteiger partial charge in [-0.25, -0.2) is 0 Å². The Morgan fingerprint density at radius 3 is 2.42 bits per heavy atom. The van der Waals surface area contributed by atoms with Gasteiger partial charge >= 0.3 is 6.18 Å². The van der Waals surface area contributed by atoms with Crippen molar-refractivity contribution in [2.75, 3.05) is 31.1 Å². The van der Waals surface area contributed by atoms with Crippen LogP contribution in [0.5, 0.6) is 0 Å². The summed E-state index contributed by atoms with van der Waals surface area (Å²) in [5.41, 5.74) is 3.30. The van der Waals surface area contributed by atoms with Crippen LogP contribution in [-0.2, 0) is 19.1 Å². The number of benzene rings is 2. The molecule has 0 radical (unpaired) electrons. The van der Waals surface area contributed by atoms with Crippen molar-refractivity contribution in [1.29, 1.82) is 0 Å². The number of nitrogens with zero attached hydrogens (tertiary/aromatic N) is 3. The van der Waals surface area contributed by atoms with Gasteiger partial charge in [-0.2, -0.15) is 13.2 Å². The molecule has 188 valence electrons. The topological polar surface area (TPSA) is 41.6 Å². The van der Waals surface area contributed by atoms with Gasteiger partial charge in [-0.05, 0) is 43.5 Å². The molecule has 1 amide bonds. The number of carbonyl (C=O) groups is 1. The van der Waals surface area contributed by atoms with Crippen LogP contribution in [0.15, 0.2) is 71.1 Å². The molecule has 0 bridgehead atoms. The lowest BCUT2D eigenvalue weighted by atomic mass is 10.1. The molecule has 0 atom stereocenters. The lowest BCUT2D eigenvalue weighted by molar-refractivity contribution is -0.137. The second kappa shape index (κ2) is 9.76. The molecule has 8 heteroatoms. The molecule has 1 aliphatic heterocycles. The van der Waals surface area contributed by atoms with Crippen LogP contribution in [0, 0.1) is 6.92 Å². The number of carbonyl (C=O) groups excluding carboxylic acids is 1. The van der Waals surface area contributed by atoms with Gasteiger partial charge in [-0.15, -0.1) is 0 Å². The number of piperazine rings is 1. The average Bonchev–Trinajstić information content (AvgIpc) is 3.40. The summed E-state index contributed by atoms with van der Waals surface area (Å²) in [6, 6.07) is 19.4. The molecule has 0 aliphatic carbocycles. The summed E-state index contributed by atoms with van der Waals surface area (Å²) in [6.07, 6.45) is -2.60. The van der Waals surface area contributed by atoms with Crippen LogP contribution in [0.25, 0.3) is 11.1 Å². The minimum Gasteiger partial charge on any atom is -0.460 e. The molecule has 5 nitrogen and oxygen atoms in total. The van der Waals surface area contributed by atoms with Crippen molar-refractivity contribution in [3.63, 3.8) is 0 Å². The van der Waals surface area contributed by atoms with Crippen LogP contribution in [0.2, 0.25) is 0 Å². The zero-order valence-electron chi connectivity index (χ0n) is 20.1. The second-order valence-corrected chi connectivity index (χ2v) is 9.20. The summed E-state index contributed by atoms with van der Waals surface area (Å²) in [7, 11) is 0. The molecule has 36 heavy (non-hydrogen) atoms. The van der Waals surface area contributed by atoms with Crippen molar-refractivity contribution in [2.24, 2.45) is 0 Å². The van der Waals surface area contributed by atoms with E-state index in [1.54, 1.807) is 11.0 Å². The van der Waals surface area contributed by atoms with Crippen LogP contribution in [-0.4, -0.2) is 41.6 Å². The SMILES string of the molecule is Cc1cc2c(cc(C(=O)N3CCN(c4cccc(C(F)(F)F)c4)CC3)n2CCCc2ccccc2)o1. The van der Waals surface area contributed by atoms with Crippen molar-refractivity contribution in [3.8, 4) is 0 Å². The highest BCUT2D eigenvalue weighted by Gasteiger charge is 2.32. The van der Waals surface area contributed by atoms with E-state index in [2.05, 4.69) is 12.1 Å². The molecule has 5 rings (SSSR count). The maximum absolute atomic E-state index is 13.5. The van der Waals surface area contributed by atoms with Gasteiger partial charge in [0.2, 0.25) is 0 Å². The standard InChI is InChI=1S/C28H28F3N3O2/c1-20-17-24-26(36-20)19-25(34(24)12-6-9-21-7-3-2-4-8-21)27(35)33-15-13-32(14-16-33)23-11-5-10-22(18-23)28(29,30)31/h2-5,7-8,10-11,17-19H,6,9,12-16H2,1H3. The molecule has 1 fully saturated rings. The number of aryl methyl sites for hydroxylation is 3. The Labute approximate surface area is 207 Å². The maximum atomic E-state index is 13.5. The van der Waals surface area contributed by atoms with Crippen LogP contribution < -0.4 is 4.90 Å². The molecular weight excluding hydrogens is 467 g/mol. The smallest absolute Gasteiger partial charge is 0.416 e. The fourth-order valence-corrected chi connectivity index (χ4v) is 4.88. The van der Waals surface area contributed by atoms with Crippen LogP contribution in [0.4, 0.5) is 18.9 Å². The molecule has 2 aromatic heterocycles. The van der Waals surface area contributed by atoms with Crippen molar-refractivity contribution < 1.29 is 22.4 Å². The quantitative estimate of drug-likeness (QED) is 0.322. The Morgan fingerprint density at radius 1 is 0.944 bits per heavy atom. The first kappa shape index (κ1) is 24.0. The zero-order valence-corrected chi connectivity index (χ0v) is 20.1. The van der Waals surface area contributed by atoms with Crippen molar-refractivity contribution >= 4 is 22.7 Å². The monoisotopic (exact) mass is 495 g/mol. The summed E-state index contributed by atoms with van der Waals surface area (Å²) in [4.78, 5) is 17.2. The number of hydrogen-bond donors (Lipinski definition) is 0. The molecule has 0 N–H and O–H groups in total. The zero-order chi connectivity index (χ0) is 25.3. The summed E-state index contributed by atoms with van der Waals surface area (Å²) >= 11 is 0. The first-order chi connectivity index (χ1) is 17.3. The Morgan fingerprint density at radius 2 is 1.69 bits per heavy atom. The van der Waals surface area contributed by atoms with Crippen LogP contribution >= 0.6 is 0 Å². The largest absolute Gasteiger partial charge is 0.460 e. The lowest BCUT2D eigenvalue weighted by Gasteiger charge is -2.36. The number of alkyl halides is 3. The average molecular weight is 496 g/mol. The normalized spacial score (nSPS) is 14.6. The molecule has 1 aliphatic rings. The third-order valence-corrected chi connectivity index (χ3v) is 6.73. The number of furan rings is 1. The van der Waals surface area contributed by atoms with E-state index in [1.165, 1.54) is 17.7 Å². The maximum Gasteiger partial charge on any atom is 0.416 e. The van der Waals surface area contributed by atoms with E-state index in [1.807, 2.05) is 46.7 Å². The number of halogens is 3. The molecule has 0 saturated carbocycles. The predicted molar refractivity (Wildman–Crippen MR) is 133 cm³/mol.